The minimum absolute atomic E-state index is 0.0561. The molecule has 0 radical (unpaired) electrons. The lowest BCUT2D eigenvalue weighted by molar-refractivity contribution is 0.172. The standard InChI is InChI=1S/C26H29NO3S/c1-20(2)26(28)18-25(23-12-8-5-9-13-23)27(19-22-10-6-4-7-11-22)31(29,30)24-16-14-21(3)15-17-24/h4-18,20,26,28H,19H2,1-3H3/b25-18+. The molecule has 1 atom stereocenters. The summed E-state index contributed by atoms with van der Waals surface area (Å²) in [6.07, 6.45) is 0.857. The summed E-state index contributed by atoms with van der Waals surface area (Å²) < 4.78 is 29.0. The maximum absolute atomic E-state index is 13.8. The van der Waals surface area contributed by atoms with Crippen LogP contribution in [-0.2, 0) is 16.6 Å². The van der Waals surface area contributed by atoms with E-state index in [1.54, 1.807) is 30.3 Å². The predicted molar refractivity (Wildman–Crippen MR) is 126 cm³/mol. The molecule has 0 bridgehead atoms. The Kier molecular flexibility index (Phi) is 7.31. The largest absolute Gasteiger partial charge is 0.389 e. The van der Waals surface area contributed by atoms with E-state index >= 15 is 0 Å². The Morgan fingerprint density at radius 3 is 2.00 bits per heavy atom. The maximum Gasteiger partial charge on any atom is 0.264 e. The third-order valence-corrected chi connectivity index (χ3v) is 6.90. The molecule has 0 heterocycles. The van der Waals surface area contributed by atoms with Crippen molar-refractivity contribution in [2.45, 2.75) is 38.3 Å². The number of sulfonamides is 1. The lowest BCUT2D eigenvalue weighted by atomic mass is 10.0. The van der Waals surface area contributed by atoms with Crippen LogP contribution in [0.2, 0.25) is 0 Å². The zero-order chi connectivity index (χ0) is 22.4. The third kappa shape index (κ3) is 5.63. The number of benzene rings is 3. The number of aliphatic hydroxyl groups excluding tert-OH is 1. The van der Waals surface area contributed by atoms with E-state index in [2.05, 4.69) is 0 Å². The van der Waals surface area contributed by atoms with Gasteiger partial charge >= 0.3 is 0 Å². The summed E-state index contributed by atoms with van der Waals surface area (Å²) in [5.74, 6) is -0.0561. The van der Waals surface area contributed by atoms with E-state index in [1.807, 2.05) is 81.4 Å². The van der Waals surface area contributed by atoms with Gasteiger partial charge in [0, 0.05) is 0 Å². The van der Waals surface area contributed by atoms with Crippen molar-refractivity contribution in [3.8, 4) is 0 Å². The predicted octanol–water partition coefficient (Wildman–Crippen LogP) is 5.24. The average molecular weight is 436 g/mol. The molecule has 3 rings (SSSR count). The van der Waals surface area contributed by atoms with Crippen molar-refractivity contribution in [1.82, 2.24) is 4.31 Å². The molecule has 5 heteroatoms. The minimum Gasteiger partial charge on any atom is -0.389 e. The maximum atomic E-state index is 13.8. The number of hydrogen-bond donors (Lipinski definition) is 1. The summed E-state index contributed by atoms with van der Waals surface area (Å²) in [5.41, 5.74) is 3.04. The Morgan fingerprint density at radius 1 is 0.903 bits per heavy atom. The van der Waals surface area contributed by atoms with E-state index in [0.29, 0.717) is 5.70 Å². The van der Waals surface area contributed by atoms with Crippen LogP contribution in [0.15, 0.2) is 95.9 Å². The van der Waals surface area contributed by atoms with E-state index in [0.717, 1.165) is 16.7 Å². The first-order valence-electron chi connectivity index (χ1n) is 10.4. The van der Waals surface area contributed by atoms with Crippen LogP contribution in [0.5, 0.6) is 0 Å². The molecule has 1 N–H and O–H groups in total. The van der Waals surface area contributed by atoms with Crippen molar-refractivity contribution in [2.24, 2.45) is 5.92 Å². The van der Waals surface area contributed by atoms with Gasteiger partial charge in [0.15, 0.2) is 0 Å². The van der Waals surface area contributed by atoms with Crippen LogP contribution in [0.1, 0.15) is 30.5 Å². The molecular formula is C26H29NO3S. The molecule has 0 fully saturated rings. The fourth-order valence-corrected chi connectivity index (χ4v) is 4.65. The van der Waals surface area contributed by atoms with Crippen molar-refractivity contribution < 1.29 is 13.5 Å². The molecular weight excluding hydrogens is 406 g/mol. The van der Waals surface area contributed by atoms with Gasteiger partial charge in [0.2, 0.25) is 0 Å². The van der Waals surface area contributed by atoms with E-state index in [1.165, 1.54) is 4.31 Å². The summed E-state index contributed by atoms with van der Waals surface area (Å²) in [6, 6.07) is 25.7. The Balaban J connectivity index is 2.19. The fourth-order valence-electron chi connectivity index (χ4n) is 3.17. The van der Waals surface area contributed by atoms with Gasteiger partial charge in [0.05, 0.1) is 23.2 Å². The number of nitrogens with zero attached hydrogens (tertiary/aromatic N) is 1. The highest BCUT2D eigenvalue weighted by Crippen LogP contribution is 2.30. The normalized spacial score (nSPS) is 13.3. The first kappa shape index (κ1) is 22.8. The lowest BCUT2D eigenvalue weighted by Crippen LogP contribution is -2.30. The Labute approximate surface area is 185 Å². The SMILES string of the molecule is Cc1ccc(S(=O)(=O)N(Cc2ccccc2)/C(=C/C(O)C(C)C)c2ccccc2)cc1. The van der Waals surface area contributed by atoms with E-state index < -0.39 is 16.1 Å². The zero-order valence-corrected chi connectivity index (χ0v) is 19.0. The van der Waals surface area contributed by atoms with Crippen LogP contribution in [0.4, 0.5) is 0 Å². The summed E-state index contributed by atoms with van der Waals surface area (Å²) in [5, 5.41) is 10.6. The van der Waals surface area contributed by atoms with Gasteiger partial charge in [-0.25, -0.2) is 8.42 Å². The van der Waals surface area contributed by atoms with Crippen LogP contribution in [0.3, 0.4) is 0 Å². The smallest absolute Gasteiger partial charge is 0.264 e. The molecule has 3 aromatic rings. The van der Waals surface area contributed by atoms with Crippen LogP contribution < -0.4 is 0 Å². The summed E-state index contributed by atoms with van der Waals surface area (Å²) in [7, 11) is -3.88. The second-order valence-corrected chi connectivity index (χ2v) is 9.83. The van der Waals surface area contributed by atoms with Gasteiger partial charge in [-0.1, -0.05) is 92.2 Å². The molecule has 0 aromatic heterocycles. The van der Waals surface area contributed by atoms with Crippen molar-refractivity contribution in [3.63, 3.8) is 0 Å². The van der Waals surface area contributed by atoms with Gasteiger partial charge in [0.1, 0.15) is 0 Å². The first-order chi connectivity index (χ1) is 14.8. The Bertz CT molecular complexity index is 1110. The van der Waals surface area contributed by atoms with Crippen molar-refractivity contribution in [1.29, 1.82) is 0 Å². The van der Waals surface area contributed by atoms with E-state index in [9.17, 15) is 13.5 Å². The van der Waals surface area contributed by atoms with Crippen LogP contribution in [0.25, 0.3) is 5.70 Å². The molecule has 0 aliphatic rings. The third-order valence-electron chi connectivity index (χ3n) is 5.13. The monoisotopic (exact) mass is 435 g/mol. The van der Waals surface area contributed by atoms with Gasteiger partial charge in [-0.3, -0.25) is 4.31 Å². The topological polar surface area (TPSA) is 57.6 Å². The summed E-state index contributed by atoms with van der Waals surface area (Å²) in [6.45, 7) is 5.88. The molecule has 0 aliphatic carbocycles. The molecule has 31 heavy (non-hydrogen) atoms. The summed E-state index contributed by atoms with van der Waals surface area (Å²) in [4.78, 5) is 0.217. The average Bonchev–Trinajstić information content (AvgIpc) is 2.77. The van der Waals surface area contributed by atoms with Gasteiger partial charge in [0.25, 0.3) is 10.0 Å². The number of rotatable bonds is 8. The molecule has 4 nitrogen and oxygen atoms in total. The van der Waals surface area contributed by atoms with Crippen molar-refractivity contribution >= 4 is 15.7 Å². The van der Waals surface area contributed by atoms with Gasteiger partial charge in [-0.05, 0) is 42.2 Å². The highest BCUT2D eigenvalue weighted by atomic mass is 32.2. The van der Waals surface area contributed by atoms with Crippen LogP contribution in [-0.4, -0.2) is 23.9 Å². The molecule has 0 spiro atoms. The number of hydrogen-bond acceptors (Lipinski definition) is 3. The highest BCUT2D eigenvalue weighted by molar-refractivity contribution is 7.89. The molecule has 0 saturated heterocycles. The Morgan fingerprint density at radius 2 is 1.45 bits per heavy atom. The second kappa shape index (κ2) is 9.94. The molecule has 1 unspecified atom stereocenters. The number of aryl methyl sites for hydroxylation is 1. The van der Waals surface area contributed by atoms with Crippen LogP contribution in [0, 0.1) is 12.8 Å². The van der Waals surface area contributed by atoms with E-state index in [4.69, 9.17) is 0 Å². The number of aliphatic hydroxyl groups is 1. The van der Waals surface area contributed by atoms with Crippen molar-refractivity contribution in [3.05, 3.63) is 108 Å². The van der Waals surface area contributed by atoms with Crippen molar-refractivity contribution in [2.75, 3.05) is 0 Å². The molecule has 3 aromatic carbocycles. The van der Waals surface area contributed by atoms with Gasteiger partial charge in [-0.15, -0.1) is 0 Å². The summed E-state index contributed by atoms with van der Waals surface area (Å²) >= 11 is 0. The fraction of sp³-hybridized carbons (Fsp3) is 0.231. The molecule has 162 valence electrons. The molecule has 0 aliphatic heterocycles. The zero-order valence-electron chi connectivity index (χ0n) is 18.1. The first-order valence-corrected chi connectivity index (χ1v) is 11.8. The van der Waals surface area contributed by atoms with E-state index in [-0.39, 0.29) is 17.4 Å². The molecule has 0 amide bonds. The quantitative estimate of drug-likeness (QED) is 0.526. The lowest BCUT2D eigenvalue weighted by Gasteiger charge is -2.29. The van der Waals surface area contributed by atoms with Gasteiger partial charge < -0.3 is 5.11 Å². The Hall–Kier alpha value is -2.89. The highest BCUT2D eigenvalue weighted by Gasteiger charge is 2.28. The van der Waals surface area contributed by atoms with Crippen LogP contribution >= 0.6 is 0 Å². The minimum atomic E-state index is -3.88. The second-order valence-electron chi connectivity index (χ2n) is 7.96. The van der Waals surface area contributed by atoms with Gasteiger partial charge in [-0.2, -0.15) is 0 Å². The molecule has 0 saturated carbocycles.